The molecular weight excluding hydrogens is 320 g/mol. The average molecular weight is 338 g/mol. The minimum absolute atomic E-state index is 0.0951. The SMILES string of the molecule is COc1cc(-c2cccc3c4c([nH]c23)CNC(C(=O)O)C4)ccc1O. The number of ether oxygens (including phenoxy) is 1. The van der Waals surface area contributed by atoms with Crippen molar-refractivity contribution in [1.82, 2.24) is 10.3 Å². The topological polar surface area (TPSA) is 94.6 Å². The predicted octanol–water partition coefficient (Wildman–Crippen LogP) is 2.65. The standard InChI is InChI=1S/C19H18N2O4/c1-25-17-7-10(5-6-16(17)22)11-3-2-4-12-13-8-14(19(23)24)20-9-15(13)21-18(11)12/h2-7,14,20-22H,8-9H2,1H3,(H,23,24). The van der Waals surface area contributed by atoms with E-state index in [2.05, 4.69) is 10.3 Å². The molecule has 0 saturated carbocycles. The fourth-order valence-corrected chi connectivity index (χ4v) is 3.47. The van der Waals surface area contributed by atoms with Gasteiger partial charge in [-0.05, 0) is 23.3 Å². The average Bonchev–Trinajstić information content (AvgIpc) is 3.00. The third kappa shape index (κ3) is 2.51. The number of H-pyrrole nitrogens is 1. The smallest absolute Gasteiger partial charge is 0.321 e. The van der Waals surface area contributed by atoms with Gasteiger partial charge in [0.15, 0.2) is 11.5 Å². The third-order valence-corrected chi connectivity index (χ3v) is 4.75. The van der Waals surface area contributed by atoms with Gasteiger partial charge in [-0.25, -0.2) is 0 Å². The highest BCUT2D eigenvalue weighted by molar-refractivity contribution is 5.97. The van der Waals surface area contributed by atoms with Crippen LogP contribution in [0.4, 0.5) is 0 Å². The Morgan fingerprint density at radius 1 is 1.28 bits per heavy atom. The molecule has 1 atom stereocenters. The number of carboxylic acid groups (broad SMARTS) is 1. The Morgan fingerprint density at radius 3 is 2.88 bits per heavy atom. The Hall–Kier alpha value is -2.99. The fourth-order valence-electron chi connectivity index (χ4n) is 3.47. The fraction of sp³-hybridized carbons (Fsp3) is 0.211. The zero-order valence-electron chi connectivity index (χ0n) is 13.7. The summed E-state index contributed by atoms with van der Waals surface area (Å²) in [4.78, 5) is 14.7. The lowest BCUT2D eigenvalue weighted by Crippen LogP contribution is -2.41. The van der Waals surface area contributed by atoms with Crippen molar-refractivity contribution in [3.05, 3.63) is 47.7 Å². The molecule has 3 aromatic rings. The molecule has 25 heavy (non-hydrogen) atoms. The van der Waals surface area contributed by atoms with E-state index < -0.39 is 12.0 Å². The van der Waals surface area contributed by atoms with E-state index in [-0.39, 0.29) is 5.75 Å². The zero-order chi connectivity index (χ0) is 17.6. The number of hydrogen-bond acceptors (Lipinski definition) is 4. The number of rotatable bonds is 3. The van der Waals surface area contributed by atoms with Crippen molar-refractivity contribution in [1.29, 1.82) is 0 Å². The normalized spacial score (nSPS) is 16.6. The van der Waals surface area contributed by atoms with Crippen LogP contribution < -0.4 is 10.1 Å². The molecule has 0 saturated heterocycles. The molecule has 4 rings (SSSR count). The summed E-state index contributed by atoms with van der Waals surface area (Å²) in [5, 5.41) is 23.2. The Morgan fingerprint density at radius 2 is 2.12 bits per heavy atom. The van der Waals surface area contributed by atoms with Gasteiger partial charge < -0.3 is 19.9 Å². The molecule has 0 aliphatic carbocycles. The number of carboxylic acids is 1. The minimum atomic E-state index is -0.834. The highest BCUT2D eigenvalue weighted by Gasteiger charge is 2.27. The van der Waals surface area contributed by atoms with Crippen LogP contribution in [-0.4, -0.2) is 34.3 Å². The number of benzene rings is 2. The van der Waals surface area contributed by atoms with Gasteiger partial charge in [0.25, 0.3) is 0 Å². The summed E-state index contributed by atoms with van der Waals surface area (Å²) in [5.74, 6) is -0.324. The Labute approximate surface area is 144 Å². The van der Waals surface area contributed by atoms with E-state index in [1.807, 2.05) is 24.3 Å². The van der Waals surface area contributed by atoms with E-state index in [4.69, 9.17) is 4.74 Å². The first-order chi connectivity index (χ1) is 12.1. The van der Waals surface area contributed by atoms with Crippen LogP contribution in [0, 0.1) is 0 Å². The van der Waals surface area contributed by atoms with Gasteiger partial charge in [0, 0.05) is 29.6 Å². The van der Waals surface area contributed by atoms with Gasteiger partial charge in [-0.1, -0.05) is 24.3 Å². The number of aromatic amines is 1. The van der Waals surface area contributed by atoms with Gasteiger partial charge >= 0.3 is 5.97 Å². The van der Waals surface area contributed by atoms with Crippen LogP contribution in [0.15, 0.2) is 36.4 Å². The highest BCUT2D eigenvalue weighted by Crippen LogP contribution is 2.37. The van der Waals surface area contributed by atoms with Crippen molar-refractivity contribution in [3.63, 3.8) is 0 Å². The van der Waals surface area contributed by atoms with Crippen LogP contribution in [0.3, 0.4) is 0 Å². The summed E-state index contributed by atoms with van der Waals surface area (Å²) in [7, 11) is 1.52. The number of phenols is 1. The van der Waals surface area contributed by atoms with Crippen LogP contribution >= 0.6 is 0 Å². The maximum atomic E-state index is 11.3. The highest BCUT2D eigenvalue weighted by atomic mass is 16.5. The van der Waals surface area contributed by atoms with Crippen molar-refractivity contribution in [3.8, 4) is 22.6 Å². The predicted molar refractivity (Wildman–Crippen MR) is 93.9 cm³/mol. The second-order valence-corrected chi connectivity index (χ2v) is 6.17. The van der Waals surface area contributed by atoms with Crippen LogP contribution in [0.5, 0.6) is 11.5 Å². The Bertz CT molecular complexity index is 977. The molecule has 0 fully saturated rings. The molecule has 2 heterocycles. The van der Waals surface area contributed by atoms with Crippen molar-refractivity contribution >= 4 is 16.9 Å². The molecule has 4 N–H and O–H groups in total. The number of methoxy groups -OCH3 is 1. The maximum Gasteiger partial charge on any atom is 0.321 e. The number of carbonyl (C=O) groups is 1. The number of phenolic OH excluding ortho intramolecular Hbond substituents is 1. The van der Waals surface area contributed by atoms with E-state index in [1.165, 1.54) is 7.11 Å². The van der Waals surface area contributed by atoms with Crippen molar-refractivity contribution in [2.75, 3.05) is 7.11 Å². The lowest BCUT2D eigenvalue weighted by atomic mass is 9.96. The number of fused-ring (bicyclic) bond motifs is 3. The molecule has 0 radical (unpaired) electrons. The molecule has 1 aliphatic rings. The zero-order valence-corrected chi connectivity index (χ0v) is 13.7. The van der Waals surface area contributed by atoms with Crippen LogP contribution in [0.1, 0.15) is 11.3 Å². The van der Waals surface area contributed by atoms with E-state index >= 15 is 0 Å². The summed E-state index contributed by atoms with van der Waals surface area (Å²) in [6.45, 7) is 0.499. The Kier molecular flexibility index (Phi) is 3.62. The number of aliphatic carboxylic acids is 1. The number of aromatic nitrogens is 1. The van der Waals surface area contributed by atoms with Gasteiger partial charge in [-0.2, -0.15) is 0 Å². The van der Waals surface area contributed by atoms with Crippen molar-refractivity contribution in [2.45, 2.75) is 19.0 Å². The van der Waals surface area contributed by atoms with Crippen LogP contribution in [0.2, 0.25) is 0 Å². The van der Waals surface area contributed by atoms with Gasteiger partial charge in [-0.3, -0.25) is 10.1 Å². The van der Waals surface area contributed by atoms with Gasteiger partial charge in [0.1, 0.15) is 6.04 Å². The molecule has 2 aromatic carbocycles. The first-order valence-electron chi connectivity index (χ1n) is 8.04. The summed E-state index contributed by atoms with van der Waals surface area (Å²) < 4.78 is 5.21. The molecule has 0 spiro atoms. The molecular formula is C19H18N2O4. The number of aromatic hydroxyl groups is 1. The largest absolute Gasteiger partial charge is 0.504 e. The molecule has 1 aliphatic heterocycles. The van der Waals surface area contributed by atoms with E-state index in [1.54, 1.807) is 12.1 Å². The molecule has 128 valence electrons. The number of para-hydroxylation sites is 1. The quantitative estimate of drug-likeness (QED) is 0.589. The van der Waals surface area contributed by atoms with E-state index in [9.17, 15) is 15.0 Å². The number of nitrogens with one attached hydrogen (secondary N) is 2. The van der Waals surface area contributed by atoms with Crippen LogP contribution in [-0.2, 0) is 17.8 Å². The van der Waals surface area contributed by atoms with Gasteiger partial charge in [0.2, 0.25) is 0 Å². The lowest BCUT2D eigenvalue weighted by molar-refractivity contribution is -0.139. The van der Waals surface area contributed by atoms with Crippen molar-refractivity contribution in [2.24, 2.45) is 0 Å². The number of hydrogen-bond donors (Lipinski definition) is 4. The Balaban J connectivity index is 1.86. The van der Waals surface area contributed by atoms with E-state index in [0.29, 0.717) is 18.7 Å². The summed E-state index contributed by atoms with van der Waals surface area (Å²) in [6, 6.07) is 10.6. The molecule has 0 bridgehead atoms. The molecule has 6 heteroatoms. The molecule has 1 aromatic heterocycles. The molecule has 0 amide bonds. The summed E-state index contributed by atoms with van der Waals surface area (Å²) in [5.41, 5.74) is 4.94. The summed E-state index contributed by atoms with van der Waals surface area (Å²) in [6.07, 6.45) is 0.451. The monoisotopic (exact) mass is 338 g/mol. The first-order valence-corrected chi connectivity index (χ1v) is 8.04. The maximum absolute atomic E-state index is 11.3. The lowest BCUT2D eigenvalue weighted by Gasteiger charge is -2.20. The van der Waals surface area contributed by atoms with Crippen molar-refractivity contribution < 1.29 is 19.7 Å². The van der Waals surface area contributed by atoms with Gasteiger partial charge in [-0.15, -0.1) is 0 Å². The second kappa shape index (κ2) is 5.82. The van der Waals surface area contributed by atoms with Crippen LogP contribution in [0.25, 0.3) is 22.0 Å². The second-order valence-electron chi connectivity index (χ2n) is 6.17. The summed E-state index contributed by atoms with van der Waals surface area (Å²) >= 11 is 0. The minimum Gasteiger partial charge on any atom is -0.504 e. The molecule has 6 nitrogen and oxygen atoms in total. The third-order valence-electron chi connectivity index (χ3n) is 4.75. The first kappa shape index (κ1) is 15.5. The van der Waals surface area contributed by atoms with Gasteiger partial charge in [0.05, 0.1) is 12.6 Å². The van der Waals surface area contributed by atoms with E-state index in [0.717, 1.165) is 33.3 Å². The molecule has 1 unspecified atom stereocenters.